The van der Waals surface area contributed by atoms with E-state index in [-0.39, 0.29) is 16.8 Å². The summed E-state index contributed by atoms with van der Waals surface area (Å²) in [7, 11) is -3.82. The zero-order chi connectivity index (χ0) is 20.1. The van der Waals surface area contributed by atoms with Gasteiger partial charge in [0, 0.05) is 30.0 Å². The van der Waals surface area contributed by atoms with Gasteiger partial charge in [0.25, 0.3) is 0 Å². The number of carbonyl (C=O) groups excluding carboxylic acids is 1. The van der Waals surface area contributed by atoms with Gasteiger partial charge in [0.05, 0.1) is 11.7 Å². The first-order valence-electron chi connectivity index (χ1n) is 9.40. The molecule has 150 valence electrons. The average molecular weight is 468 g/mol. The van der Waals surface area contributed by atoms with Gasteiger partial charge in [0.2, 0.25) is 15.9 Å². The third-order valence-electron chi connectivity index (χ3n) is 5.37. The number of carbonyl (C=O) groups is 1. The minimum absolute atomic E-state index is 0.0670. The Hall–Kier alpha value is -1.71. The van der Waals surface area contributed by atoms with Gasteiger partial charge in [-0.2, -0.15) is 4.31 Å². The van der Waals surface area contributed by atoms with Crippen molar-refractivity contribution in [3.05, 3.63) is 39.7 Å². The third kappa shape index (κ3) is 3.19. The van der Waals surface area contributed by atoms with Gasteiger partial charge in [-0.25, -0.2) is 8.42 Å². The molecule has 1 atom stereocenters. The number of hydrogen-bond acceptors (Lipinski definition) is 5. The smallest absolute Gasteiger partial charge is 0.245 e. The van der Waals surface area contributed by atoms with Crippen molar-refractivity contribution in [1.29, 1.82) is 0 Å². The van der Waals surface area contributed by atoms with Crippen LogP contribution in [0.5, 0.6) is 0 Å². The molecule has 1 saturated heterocycles. The van der Waals surface area contributed by atoms with Crippen molar-refractivity contribution in [2.24, 2.45) is 0 Å². The van der Waals surface area contributed by atoms with E-state index in [1.165, 1.54) is 4.31 Å². The van der Waals surface area contributed by atoms with Crippen LogP contribution in [-0.4, -0.2) is 36.9 Å². The minimum atomic E-state index is -3.82. The summed E-state index contributed by atoms with van der Waals surface area (Å²) >= 11 is 3.44. The Morgan fingerprint density at radius 1 is 1.32 bits per heavy atom. The predicted molar refractivity (Wildman–Crippen MR) is 108 cm³/mol. The fourth-order valence-electron chi connectivity index (χ4n) is 4.10. The van der Waals surface area contributed by atoms with Gasteiger partial charge in [-0.15, -0.1) is 0 Å². The Kier molecular flexibility index (Phi) is 5.09. The lowest BCUT2D eigenvalue weighted by Gasteiger charge is -2.26. The molecule has 1 amide bonds. The third-order valence-corrected chi connectivity index (χ3v) is 7.75. The molecule has 2 aromatic rings. The number of hydrogen-bond donors (Lipinski definition) is 0. The topological polar surface area (TPSA) is 83.7 Å². The maximum atomic E-state index is 13.7. The molecule has 9 heteroatoms. The molecule has 3 heterocycles. The lowest BCUT2D eigenvalue weighted by Crippen LogP contribution is -2.34. The first kappa shape index (κ1) is 19.6. The van der Waals surface area contributed by atoms with E-state index in [0.29, 0.717) is 54.0 Å². The summed E-state index contributed by atoms with van der Waals surface area (Å²) in [6.45, 7) is 4.51. The van der Waals surface area contributed by atoms with E-state index in [0.717, 1.165) is 12.0 Å². The van der Waals surface area contributed by atoms with Crippen molar-refractivity contribution in [3.63, 3.8) is 0 Å². The van der Waals surface area contributed by atoms with Crippen LogP contribution in [0.4, 0.5) is 5.69 Å². The van der Waals surface area contributed by atoms with Gasteiger partial charge in [-0.05, 0) is 43.9 Å². The largest absolute Gasteiger partial charge is 0.361 e. The highest BCUT2D eigenvalue weighted by atomic mass is 79.9. The molecule has 0 bridgehead atoms. The van der Waals surface area contributed by atoms with E-state index in [2.05, 4.69) is 21.1 Å². The number of aromatic nitrogens is 1. The molecule has 28 heavy (non-hydrogen) atoms. The van der Waals surface area contributed by atoms with Crippen LogP contribution in [0.15, 0.2) is 32.1 Å². The second-order valence-corrected chi connectivity index (χ2v) is 9.97. The van der Waals surface area contributed by atoms with Crippen LogP contribution in [0.2, 0.25) is 0 Å². The summed E-state index contributed by atoms with van der Waals surface area (Å²) in [4.78, 5) is 14.2. The number of amides is 1. The van der Waals surface area contributed by atoms with Crippen LogP contribution < -0.4 is 4.90 Å². The number of sulfonamides is 1. The van der Waals surface area contributed by atoms with E-state index >= 15 is 0 Å². The summed E-state index contributed by atoms with van der Waals surface area (Å²) < 4.78 is 34.8. The van der Waals surface area contributed by atoms with Gasteiger partial charge >= 0.3 is 0 Å². The SMILES string of the molecule is CCC(=O)N1CCc2cc(Br)cc(S(=O)(=O)N3CCCC3c3cc(C)on3)c21. The Morgan fingerprint density at radius 2 is 2.11 bits per heavy atom. The Labute approximate surface area is 172 Å². The zero-order valence-electron chi connectivity index (χ0n) is 15.8. The molecule has 0 aliphatic carbocycles. The molecule has 0 spiro atoms. The van der Waals surface area contributed by atoms with Crippen LogP contribution in [0.25, 0.3) is 0 Å². The highest BCUT2D eigenvalue weighted by Crippen LogP contribution is 2.43. The number of benzene rings is 1. The molecule has 1 fully saturated rings. The standard InChI is InChI=1S/C19H22BrN3O4S/c1-3-18(24)22-8-6-13-10-14(20)11-17(19(13)22)28(25,26)23-7-4-5-16(23)15-9-12(2)27-21-15/h9-11,16H,3-8H2,1-2H3. The van der Waals surface area contributed by atoms with Gasteiger partial charge in [0.1, 0.15) is 16.3 Å². The van der Waals surface area contributed by atoms with Crippen molar-refractivity contribution in [2.75, 3.05) is 18.0 Å². The second kappa shape index (κ2) is 7.27. The summed E-state index contributed by atoms with van der Waals surface area (Å²) in [6.07, 6.45) is 2.43. The van der Waals surface area contributed by atoms with Crippen molar-refractivity contribution in [3.8, 4) is 0 Å². The van der Waals surface area contributed by atoms with Crippen LogP contribution in [0.1, 0.15) is 49.2 Å². The van der Waals surface area contributed by atoms with Crippen LogP contribution in [-0.2, 0) is 21.2 Å². The van der Waals surface area contributed by atoms with Gasteiger partial charge in [-0.3, -0.25) is 4.79 Å². The van der Waals surface area contributed by atoms with Crippen molar-refractivity contribution >= 4 is 37.5 Å². The molecule has 1 aromatic heterocycles. The molecule has 1 unspecified atom stereocenters. The quantitative estimate of drug-likeness (QED) is 0.685. The Bertz CT molecular complexity index is 1030. The highest BCUT2D eigenvalue weighted by molar-refractivity contribution is 9.10. The van der Waals surface area contributed by atoms with Gasteiger partial charge in [0.15, 0.2) is 0 Å². The number of fused-ring (bicyclic) bond motifs is 1. The first-order valence-corrected chi connectivity index (χ1v) is 11.6. The molecule has 7 nitrogen and oxygen atoms in total. The maximum absolute atomic E-state index is 13.7. The summed E-state index contributed by atoms with van der Waals surface area (Å²) in [5.41, 5.74) is 2.03. The fourth-order valence-corrected chi connectivity index (χ4v) is 6.69. The fraction of sp³-hybridized carbons (Fsp3) is 0.474. The molecule has 0 saturated carbocycles. The lowest BCUT2D eigenvalue weighted by atomic mass is 10.1. The number of anilines is 1. The molecule has 0 N–H and O–H groups in total. The first-order chi connectivity index (χ1) is 13.3. The Morgan fingerprint density at radius 3 is 2.79 bits per heavy atom. The highest BCUT2D eigenvalue weighted by Gasteiger charge is 2.41. The summed E-state index contributed by atoms with van der Waals surface area (Å²) in [5, 5.41) is 4.05. The number of rotatable bonds is 4. The van der Waals surface area contributed by atoms with E-state index in [1.54, 1.807) is 30.9 Å². The van der Waals surface area contributed by atoms with E-state index < -0.39 is 10.0 Å². The van der Waals surface area contributed by atoms with E-state index in [9.17, 15) is 13.2 Å². The van der Waals surface area contributed by atoms with Crippen LogP contribution in [0, 0.1) is 6.92 Å². The zero-order valence-corrected chi connectivity index (χ0v) is 18.2. The normalized spacial score (nSPS) is 20.0. The van der Waals surface area contributed by atoms with Crippen molar-refractivity contribution in [2.45, 2.75) is 50.5 Å². The van der Waals surface area contributed by atoms with E-state index in [4.69, 9.17) is 4.52 Å². The minimum Gasteiger partial charge on any atom is -0.361 e. The molecule has 0 radical (unpaired) electrons. The monoisotopic (exact) mass is 467 g/mol. The maximum Gasteiger partial charge on any atom is 0.245 e. The molecule has 2 aliphatic rings. The Balaban J connectivity index is 1.81. The number of aryl methyl sites for hydroxylation is 1. The van der Waals surface area contributed by atoms with Crippen molar-refractivity contribution in [1.82, 2.24) is 9.46 Å². The van der Waals surface area contributed by atoms with Gasteiger partial charge in [-0.1, -0.05) is 28.0 Å². The van der Waals surface area contributed by atoms with Gasteiger partial charge < -0.3 is 9.42 Å². The average Bonchev–Trinajstić information content (AvgIpc) is 3.38. The van der Waals surface area contributed by atoms with E-state index in [1.807, 2.05) is 6.07 Å². The number of halogens is 1. The summed E-state index contributed by atoms with van der Waals surface area (Å²) in [5.74, 6) is 0.588. The molecular formula is C19H22BrN3O4S. The molecule has 4 rings (SSSR count). The van der Waals surface area contributed by atoms with Crippen LogP contribution in [0.3, 0.4) is 0 Å². The predicted octanol–water partition coefficient (Wildman–Crippen LogP) is 3.57. The number of nitrogens with zero attached hydrogens (tertiary/aromatic N) is 3. The molecule has 1 aromatic carbocycles. The molecule has 2 aliphatic heterocycles. The molecular weight excluding hydrogens is 446 g/mol. The summed E-state index contributed by atoms with van der Waals surface area (Å²) in [6, 6.07) is 4.95. The van der Waals surface area contributed by atoms with Crippen molar-refractivity contribution < 1.29 is 17.7 Å². The second-order valence-electron chi connectivity index (χ2n) is 7.20. The van der Waals surface area contributed by atoms with Crippen LogP contribution >= 0.6 is 15.9 Å². The lowest BCUT2D eigenvalue weighted by molar-refractivity contribution is -0.118.